The first-order chi connectivity index (χ1) is 10.7. The van der Waals surface area contributed by atoms with Crippen LogP contribution in [0.4, 0.5) is 5.82 Å². The monoisotopic (exact) mass is 296 g/mol. The van der Waals surface area contributed by atoms with E-state index in [-0.39, 0.29) is 11.9 Å². The van der Waals surface area contributed by atoms with Crippen molar-refractivity contribution in [2.45, 2.75) is 25.8 Å². The van der Waals surface area contributed by atoms with Gasteiger partial charge in [0.25, 0.3) is 5.91 Å². The maximum absolute atomic E-state index is 12.5. The summed E-state index contributed by atoms with van der Waals surface area (Å²) in [6, 6.07) is 7.48. The summed E-state index contributed by atoms with van der Waals surface area (Å²) in [5.74, 6) is 1.09. The van der Waals surface area contributed by atoms with Gasteiger partial charge >= 0.3 is 0 Å². The molecule has 2 aromatic heterocycles. The zero-order valence-electron chi connectivity index (χ0n) is 12.8. The highest BCUT2D eigenvalue weighted by Crippen LogP contribution is 2.40. The summed E-state index contributed by atoms with van der Waals surface area (Å²) < 4.78 is 0. The third-order valence-corrected chi connectivity index (χ3v) is 3.91. The SMILES string of the molecule is CNc1cc(C(=O)NC(c2cc(C)ccn2)C2CC2)ccn1. The molecule has 0 radical (unpaired) electrons. The Morgan fingerprint density at radius 1 is 1.23 bits per heavy atom. The standard InChI is InChI=1S/C17H20N4O/c1-11-5-7-19-14(9-11)16(12-3-4-12)21-17(22)13-6-8-20-15(10-13)18-2/h5-10,12,16H,3-4H2,1-2H3,(H,18,20)(H,21,22). The Balaban J connectivity index is 1.80. The average molecular weight is 296 g/mol. The van der Waals surface area contributed by atoms with Crippen molar-refractivity contribution in [3.05, 3.63) is 53.5 Å². The molecule has 2 heterocycles. The van der Waals surface area contributed by atoms with Crippen LogP contribution in [0.1, 0.15) is 40.5 Å². The van der Waals surface area contributed by atoms with Crippen molar-refractivity contribution >= 4 is 11.7 Å². The van der Waals surface area contributed by atoms with Crippen LogP contribution < -0.4 is 10.6 Å². The minimum Gasteiger partial charge on any atom is -0.373 e. The predicted molar refractivity (Wildman–Crippen MR) is 85.7 cm³/mol. The van der Waals surface area contributed by atoms with Crippen molar-refractivity contribution in [2.24, 2.45) is 5.92 Å². The van der Waals surface area contributed by atoms with E-state index in [0.717, 1.165) is 24.1 Å². The maximum atomic E-state index is 12.5. The highest BCUT2D eigenvalue weighted by atomic mass is 16.1. The van der Waals surface area contributed by atoms with Gasteiger partial charge in [0.1, 0.15) is 5.82 Å². The number of pyridine rings is 2. The number of carbonyl (C=O) groups is 1. The van der Waals surface area contributed by atoms with Crippen LogP contribution in [0.15, 0.2) is 36.7 Å². The molecule has 3 rings (SSSR count). The molecule has 2 N–H and O–H groups in total. The van der Waals surface area contributed by atoms with Crippen molar-refractivity contribution in [2.75, 3.05) is 12.4 Å². The maximum Gasteiger partial charge on any atom is 0.252 e. The van der Waals surface area contributed by atoms with E-state index >= 15 is 0 Å². The first kappa shape index (κ1) is 14.5. The lowest BCUT2D eigenvalue weighted by molar-refractivity contribution is 0.0930. The topological polar surface area (TPSA) is 66.9 Å². The molecular formula is C17H20N4O. The molecule has 2 aromatic rings. The van der Waals surface area contributed by atoms with Crippen molar-refractivity contribution in [1.82, 2.24) is 15.3 Å². The van der Waals surface area contributed by atoms with Gasteiger partial charge < -0.3 is 10.6 Å². The summed E-state index contributed by atoms with van der Waals surface area (Å²) in [4.78, 5) is 21.1. The summed E-state index contributed by atoms with van der Waals surface area (Å²) in [5.41, 5.74) is 2.71. The number of nitrogens with zero attached hydrogens (tertiary/aromatic N) is 2. The number of aryl methyl sites for hydroxylation is 1. The van der Waals surface area contributed by atoms with Gasteiger partial charge in [0.2, 0.25) is 0 Å². The Morgan fingerprint density at radius 3 is 2.68 bits per heavy atom. The molecule has 0 spiro atoms. The Bertz CT molecular complexity index is 682. The Hall–Kier alpha value is -2.43. The van der Waals surface area contributed by atoms with Crippen molar-refractivity contribution in [3.63, 3.8) is 0 Å². The van der Waals surface area contributed by atoms with Crippen LogP contribution >= 0.6 is 0 Å². The molecular weight excluding hydrogens is 276 g/mol. The minimum absolute atomic E-state index is 0.0152. The number of amides is 1. The summed E-state index contributed by atoms with van der Waals surface area (Å²) in [6.45, 7) is 2.04. The highest BCUT2D eigenvalue weighted by molar-refractivity contribution is 5.95. The van der Waals surface area contributed by atoms with Crippen LogP contribution in [0.2, 0.25) is 0 Å². The molecule has 1 aliphatic carbocycles. The molecule has 0 bridgehead atoms. The second kappa shape index (κ2) is 6.13. The van der Waals surface area contributed by atoms with E-state index in [1.54, 1.807) is 31.6 Å². The van der Waals surface area contributed by atoms with Gasteiger partial charge in [-0.25, -0.2) is 4.98 Å². The fourth-order valence-electron chi connectivity index (χ4n) is 2.53. The van der Waals surface area contributed by atoms with E-state index in [9.17, 15) is 4.79 Å². The Labute approximate surface area is 130 Å². The number of rotatable bonds is 5. The summed E-state index contributed by atoms with van der Waals surface area (Å²) in [6.07, 6.45) is 5.72. The molecule has 1 saturated carbocycles. The van der Waals surface area contributed by atoms with Gasteiger partial charge in [-0.05, 0) is 55.5 Å². The lowest BCUT2D eigenvalue weighted by Gasteiger charge is -2.18. The molecule has 22 heavy (non-hydrogen) atoms. The van der Waals surface area contributed by atoms with Crippen LogP contribution in [0.5, 0.6) is 0 Å². The molecule has 1 amide bonds. The number of carbonyl (C=O) groups excluding carboxylic acids is 1. The highest BCUT2D eigenvalue weighted by Gasteiger charge is 2.34. The van der Waals surface area contributed by atoms with Gasteiger partial charge in [-0.15, -0.1) is 0 Å². The van der Waals surface area contributed by atoms with Crippen molar-refractivity contribution in [3.8, 4) is 0 Å². The van der Waals surface area contributed by atoms with Crippen LogP contribution in [0.3, 0.4) is 0 Å². The first-order valence-electron chi connectivity index (χ1n) is 7.54. The van der Waals surface area contributed by atoms with E-state index in [2.05, 4.69) is 26.7 Å². The number of nitrogens with one attached hydrogen (secondary N) is 2. The second-order valence-electron chi connectivity index (χ2n) is 5.73. The van der Waals surface area contributed by atoms with Gasteiger partial charge in [-0.1, -0.05) is 0 Å². The van der Waals surface area contributed by atoms with Crippen LogP contribution in [-0.4, -0.2) is 22.9 Å². The fraction of sp³-hybridized carbons (Fsp3) is 0.353. The van der Waals surface area contributed by atoms with Gasteiger partial charge in [-0.3, -0.25) is 9.78 Å². The lowest BCUT2D eigenvalue weighted by atomic mass is 10.1. The smallest absolute Gasteiger partial charge is 0.252 e. The number of hydrogen-bond donors (Lipinski definition) is 2. The number of hydrogen-bond acceptors (Lipinski definition) is 4. The van der Waals surface area contributed by atoms with E-state index < -0.39 is 0 Å². The van der Waals surface area contributed by atoms with Gasteiger partial charge in [-0.2, -0.15) is 0 Å². The van der Waals surface area contributed by atoms with Crippen LogP contribution in [0, 0.1) is 12.8 Å². The van der Waals surface area contributed by atoms with Crippen molar-refractivity contribution < 1.29 is 4.79 Å². The third kappa shape index (κ3) is 3.24. The summed E-state index contributed by atoms with van der Waals surface area (Å²) in [7, 11) is 1.79. The zero-order valence-corrected chi connectivity index (χ0v) is 12.8. The largest absolute Gasteiger partial charge is 0.373 e. The van der Waals surface area contributed by atoms with Crippen LogP contribution in [0.25, 0.3) is 0 Å². The predicted octanol–water partition coefficient (Wildman–Crippen LogP) is 2.71. The normalized spacial score (nSPS) is 15.2. The third-order valence-electron chi connectivity index (χ3n) is 3.91. The van der Waals surface area contributed by atoms with Gasteiger partial charge in [0.15, 0.2) is 0 Å². The van der Waals surface area contributed by atoms with E-state index in [0.29, 0.717) is 17.3 Å². The van der Waals surface area contributed by atoms with Gasteiger partial charge in [0.05, 0.1) is 11.7 Å². The quantitative estimate of drug-likeness (QED) is 0.890. The molecule has 1 atom stereocenters. The summed E-state index contributed by atoms with van der Waals surface area (Å²) >= 11 is 0. The minimum atomic E-state index is -0.0842. The average Bonchev–Trinajstić information content (AvgIpc) is 3.37. The Morgan fingerprint density at radius 2 is 2.00 bits per heavy atom. The summed E-state index contributed by atoms with van der Waals surface area (Å²) in [5, 5.41) is 6.08. The molecule has 0 aromatic carbocycles. The van der Waals surface area contributed by atoms with E-state index in [4.69, 9.17) is 0 Å². The van der Waals surface area contributed by atoms with E-state index in [1.807, 2.05) is 13.0 Å². The Kier molecular flexibility index (Phi) is 4.04. The fourth-order valence-corrected chi connectivity index (χ4v) is 2.53. The molecule has 0 saturated heterocycles. The molecule has 1 fully saturated rings. The molecule has 5 heteroatoms. The molecule has 0 aliphatic heterocycles. The molecule has 1 aliphatic rings. The van der Waals surface area contributed by atoms with Gasteiger partial charge in [0, 0.05) is 25.0 Å². The molecule has 114 valence electrons. The van der Waals surface area contributed by atoms with Crippen LogP contribution in [-0.2, 0) is 0 Å². The molecule has 5 nitrogen and oxygen atoms in total. The van der Waals surface area contributed by atoms with Crippen molar-refractivity contribution in [1.29, 1.82) is 0 Å². The first-order valence-corrected chi connectivity index (χ1v) is 7.54. The van der Waals surface area contributed by atoms with E-state index in [1.165, 1.54) is 0 Å². The lowest BCUT2D eigenvalue weighted by Crippen LogP contribution is -2.30. The molecule has 1 unspecified atom stereocenters. The number of anilines is 1. The number of aromatic nitrogens is 2. The zero-order chi connectivity index (χ0) is 15.5. The second-order valence-corrected chi connectivity index (χ2v) is 5.73.